The van der Waals surface area contributed by atoms with Gasteiger partial charge in [0, 0.05) is 6.54 Å². The molecule has 0 aromatic carbocycles. The van der Waals surface area contributed by atoms with Crippen LogP contribution in [0.1, 0.15) is 79.1 Å². The van der Waals surface area contributed by atoms with Gasteiger partial charge in [0.2, 0.25) is 0 Å². The Labute approximate surface area is 133 Å². The maximum Gasteiger partial charge on any atom is 0.00458 e. The molecule has 0 bridgehead atoms. The first kappa shape index (κ1) is 18.4. The number of hydrogen-bond acceptors (Lipinski definition) is 2. The quantitative estimate of drug-likeness (QED) is 0.557. The zero-order chi connectivity index (χ0) is 15.1. The van der Waals surface area contributed by atoms with Gasteiger partial charge in [0.1, 0.15) is 0 Å². The zero-order valence-corrected chi connectivity index (χ0v) is 15.3. The van der Waals surface area contributed by atoms with E-state index < -0.39 is 0 Å². The minimum absolute atomic E-state index is 0.463. The first-order valence-electron chi connectivity index (χ1n) is 8.92. The van der Waals surface area contributed by atoms with Crippen molar-refractivity contribution < 1.29 is 0 Å². The van der Waals surface area contributed by atoms with E-state index in [9.17, 15) is 0 Å². The average molecular weight is 300 g/mol. The van der Waals surface area contributed by atoms with Crippen molar-refractivity contribution in [2.45, 2.75) is 79.1 Å². The highest BCUT2D eigenvalue weighted by molar-refractivity contribution is 7.80. The van der Waals surface area contributed by atoms with Crippen molar-refractivity contribution in [1.82, 2.24) is 4.90 Å². The summed E-state index contributed by atoms with van der Waals surface area (Å²) < 4.78 is 0. The van der Waals surface area contributed by atoms with E-state index in [2.05, 4.69) is 32.6 Å². The van der Waals surface area contributed by atoms with Crippen LogP contribution in [0, 0.1) is 10.8 Å². The van der Waals surface area contributed by atoms with E-state index >= 15 is 0 Å². The van der Waals surface area contributed by atoms with E-state index in [0.29, 0.717) is 10.8 Å². The van der Waals surface area contributed by atoms with Gasteiger partial charge in [-0.15, -0.1) is 0 Å². The van der Waals surface area contributed by atoms with Crippen molar-refractivity contribution >= 4 is 12.6 Å². The van der Waals surface area contributed by atoms with Crippen LogP contribution in [0.4, 0.5) is 0 Å². The van der Waals surface area contributed by atoms with E-state index in [1.807, 2.05) is 0 Å². The minimum atomic E-state index is 0.463. The molecule has 1 aliphatic heterocycles. The Morgan fingerprint density at radius 2 is 1.45 bits per heavy atom. The van der Waals surface area contributed by atoms with Gasteiger partial charge in [-0.25, -0.2) is 0 Å². The first-order valence-corrected chi connectivity index (χ1v) is 9.55. The van der Waals surface area contributed by atoms with Crippen molar-refractivity contribution in [2.75, 3.05) is 25.4 Å². The smallest absolute Gasteiger partial charge is 0.00458 e. The van der Waals surface area contributed by atoms with Crippen LogP contribution in [0.15, 0.2) is 0 Å². The Hall–Kier alpha value is 0.310. The van der Waals surface area contributed by atoms with Gasteiger partial charge in [-0.05, 0) is 55.4 Å². The number of likely N-dealkylation sites (tertiary alicyclic amines) is 1. The largest absolute Gasteiger partial charge is 0.303 e. The normalized spacial score (nSPS) is 20.2. The van der Waals surface area contributed by atoms with E-state index in [-0.39, 0.29) is 0 Å². The molecule has 1 heterocycles. The van der Waals surface area contributed by atoms with Crippen molar-refractivity contribution in [2.24, 2.45) is 10.8 Å². The molecule has 0 aromatic heterocycles. The molecule has 1 nitrogen and oxygen atoms in total. The molecule has 120 valence electrons. The Balaban J connectivity index is 2.59. The fraction of sp³-hybridized carbons (Fsp3) is 1.00. The molecule has 0 radical (unpaired) electrons. The summed E-state index contributed by atoms with van der Waals surface area (Å²) in [6.07, 6.45) is 10.8. The zero-order valence-electron chi connectivity index (χ0n) is 14.4. The summed E-state index contributed by atoms with van der Waals surface area (Å²) in [6, 6.07) is 0. The summed E-state index contributed by atoms with van der Waals surface area (Å²) in [5.74, 6) is 1.05. The van der Waals surface area contributed by atoms with Gasteiger partial charge in [0.15, 0.2) is 0 Å². The van der Waals surface area contributed by atoms with E-state index in [4.69, 9.17) is 12.6 Å². The molecule has 0 atom stereocenters. The fourth-order valence-corrected chi connectivity index (χ4v) is 4.59. The average Bonchev–Trinajstić information content (AvgIpc) is 2.49. The molecular formula is C18H37NS. The Bertz CT molecular complexity index is 244. The van der Waals surface area contributed by atoms with Gasteiger partial charge in [0.25, 0.3) is 0 Å². The van der Waals surface area contributed by atoms with Gasteiger partial charge in [-0.1, -0.05) is 53.4 Å². The lowest BCUT2D eigenvalue weighted by atomic mass is 9.73. The van der Waals surface area contributed by atoms with Gasteiger partial charge < -0.3 is 4.90 Å². The molecule has 2 heteroatoms. The van der Waals surface area contributed by atoms with Gasteiger partial charge in [0.05, 0.1) is 0 Å². The lowest BCUT2D eigenvalue weighted by Gasteiger charge is -2.45. The van der Waals surface area contributed by atoms with Crippen molar-refractivity contribution in [3.8, 4) is 0 Å². The molecule has 1 saturated heterocycles. The molecule has 1 fully saturated rings. The van der Waals surface area contributed by atoms with E-state index in [0.717, 1.165) is 5.75 Å². The highest BCUT2D eigenvalue weighted by Gasteiger charge is 2.35. The third-order valence-corrected chi connectivity index (χ3v) is 6.54. The monoisotopic (exact) mass is 299 g/mol. The van der Waals surface area contributed by atoms with Crippen molar-refractivity contribution in [3.63, 3.8) is 0 Å². The van der Waals surface area contributed by atoms with Crippen LogP contribution in [0.2, 0.25) is 0 Å². The van der Waals surface area contributed by atoms with E-state index in [1.165, 1.54) is 71.0 Å². The van der Waals surface area contributed by atoms with Gasteiger partial charge in [-0.2, -0.15) is 12.6 Å². The minimum Gasteiger partial charge on any atom is -0.303 e. The maximum absolute atomic E-state index is 4.71. The second-order valence-electron chi connectivity index (χ2n) is 7.14. The Kier molecular flexibility index (Phi) is 7.97. The molecule has 0 spiro atoms. The molecule has 0 amide bonds. The molecule has 0 N–H and O–H groups in total. The van der Waals surface area contributed by atoms with Crippen molar-refractivity contribution in [3.05, 3.63) is 0 Å². The standard InChI is InChI=1S/C18H37NS/c1-5-9-18(16-20,10-6-2)15-19-13-11-17(7-3,8-4)12-14-19/h20H,5-16H2,1-4H3. The number of rotatable bonds is 9. The van der Waals surface area contributed by atoms with Crippen LogP contribution < -0.4 is 0 Å². The third-order valence-electron chi connectivity index (χ3n) is 5.87. The lowest BCUT2D eigenvalue weighted by Crippen LogP contribution is -2.45. The third kappa shape index (κ3) is 4.66. The maximum atomic E-state index is 4.71. The summed E-state index contributed by atoms with van der Waals surface area (Å²) in [7, 11) is 0. The molecule has 0 aromatic rings. The van der Waals surface area contributed by atoms with E-state index in [1.54, 1.807) is 0 Å². The molecule has 0 unspecified atom stereocenters. The van der Waals surface area contributed by atoms with Gasteiger partial charge >= 0.3 is 0 Å². The van der Waals surface area contributed by atoms with Crippen molar-refractivity contribution in [1.29, 1.82) is 0 Å². The number of hydrogen-bond donors (Lipinski definition) is 1. The molecule has 0 saturated carbocycles. The fourth-order valence-electron chi connectivity index (χ4n) is 4.17. The first-order chi connectivity index (χ1) is 9.59. The summed E-state index contributed by atoms with van der Waals surface area (Å²) in [5.41, 5.74) is 1.11. The lowest BCUT2D eigenvalue weighted by molar-refractivity contribution is 0.0600. The number of thiol groups is 1. The highest BCUT2D eigenvalue weighted by atomic mass is 32.1. The SMILES string of the molecule is CCCC(CS)(CCC)CN1CCC(CC)(CC)CC1. The predicted octanol–water partition coefficient (Wildman–Crippen LogP) is 5.41. The Morgan fingerprint density at radius 3 is 1.80 bits per heavy atom. The number of piperidine rings is 1. The number of nitrogens with zero attached hydrogens (tertiary/aromatic N) is 1. The molecular weight excluding hydrogens is 262 g/mol. The summed E-state index contributed by atoms with van der Waals surface area (Å²) in [6.45, 7) is 13.3. The molecule has 1 aliphatic rings. The molecule has 20 heavy (non-hydrogen) atoms. The second-order valence-corrected chi connectivity index (χ2v) is 7.46. The van der Waals surface area contributed by atoms with Crippen LogP contribution in [0.5, 0.6) is 0 Å². The Morgan fingerprint density at radius 1 is 0.950 bits per heavy atom. The summed E-state index contributed by atoms with van der Waals surface area (Å²) in [4.78, 5) is 2.74. The van der Waals surface area contributed by atoms with Crippen LogP contribution >= 0.6 is 12.6 Å². The van der Waals surface area contributed by atoms with Crippen LogP contribution in [-0.2, 0) is 0 Å². The summed E-state index contributed by atoms with van der Waals surface area (Å²) in [5, 5.41) is 0. The van der Waals surface area contributed by atoms with Gasteiger partial charge in [-0.3, -0.25) is 0 Å². The second kappa shape index (κ2) is 8.68. The van der Waals surface area contributed by atoms with Crippen LogP contribution in [-0.4, -0.2) is 30.3 Å². The van der Waals surface area contributed by atoms with Crippen LogP contribution in [0.3, 0.4) is 0 Å². The highest BCUT2D eigenvalue weighted by Crippen LogP contribution is 2.40. The van der Waals surface area contributed by atoms with Crippen LogP contribution in [0.25, 0.3) is 0 Å². The topological polar surface area (TPSA) is 3.24 Å². The summed E-state index contributed by atoms with van der Waals surface area (Å²) >= 11 is 4.71. The predicted molar refractivity (Wildman–Crippen MR) is 94.8 cm³/mol. The molecule has 0 aliphatic carbocycles. The molecule has 1 rings (SSSR count).